The number of nitrogens with zero attached hydrogens (tertiary/aromatic N) is 1. The lowest BCUT2D eigenvalue weighted by Gasteiger charge is -2.25. The number of carbonyl (C=O) groups is 2. The van der Waals surface area contributed by atoms with E-state index in [1.807, 2.05) is 0 Å². The molecule has 2 amide bonds. The zero-order valence-corrected chi connectivity index (χ0v) is 8.70. The minimum Gasteiger partial charge on any atom is -0.376 e. The fraction of sp³-hybridized carbons (Fsp3) is 0.800. The summed E-state index contributed by atoms with van der Waals surface area (Å²) in [6, 6.07) is 0. The molecule has 2 heterocycles. The van der Waals surface area contributed by atoms with E-state index in [1.165, 1.54) is 4.90 Å². The van der Waals surface area contributed by atoms with Gasteiger partial charge >= 0.3 is 0 Å². The fourth-order valence-electron chi connectivity index (χ4n) is 1.95. The van der Waals surface area contributed by atoms with Crippen LogP contribution in [-0.2, 0) is 14.3 Å². The van der Waals surface area contributed by atoms with Crippen molar-refractivity contribution < 1.29 is 14.3 Å². The van der Waals surface area contributed by atoms with Crippen LogP contribution in [0.25, 0.3) is 0 Å². The van der Waals surface area contributed by atoms with Crippen molar-refractivity contribution >= 4 is 11.8 Å². The van der Waals surface area contributed by atoms with Gasteiger partial charge in [-0.25, -0.2) is 0 Å². The first-order valence-corrected chi connectivity index (χ1v) is 5.43. The van der Waals surface area contributed by atoms with Gasteiger partial charge in [0.2, 0.25) is 11.8 Å². The molecule has 0 aliphatic carbocycles. The van der Waals surface area contributed by atoms with Crippen LogP contribution in [0.4, 0.5) is 0 Å². The number of likely N-dealkylation sites (tertiary alicyclic amines) is 1. The second-order valence-electron chi connectivity index (χ2n) is 3.92. The van der Waals surface area contributed by atoms with Crippen molar-refractivity contribution in [2.45, 2.75) is 25.4 Å². The van der Waals surface area contributed by atoms with Crippen LogP contribution in [0.3, 0.4) is 0 Å². The van der Waals surface area contributed by atoms with Crippen LogP contribution in [0.5, 0.6) is 0 Å². The van der Waals surface area contributed by atoms with E-state index in [2.05, 4.69) is 5.32 Å². The molecule has 0 saturated carbocycles. The van der Waals surface area contributed by atoms with Gasteiger partial charge in [-0.2, -0.15) is 0 Å². The second-order valence-corrected chi connectivity index (χ2v) is 3.92. The van der Waals surface area contributed by atoms with Crippen LogP contribution in [0.1, 0.15) is 19.3 Å². The van der Waals surface area contributed by atoms with Crippen molar-refractivity contribution in [2.24, 2.45) is 0 Å². The fourth-order valence-corrected chi connectivity index (χ4v) is 1.95. The van der Waals surface area contributed by atoms with Gasteiger partial charge in [-0.15, -0.1) is 0 Å². The van der Waals surface area contributed by atoms with Gasteiger partial charge in [0.15, 0.2) is 0 Å². The Labute approximate surface area is 88.8 Å². The van der Waals surface area contributed by atoms with Crippen molar-refractivity contribution in [2.75, 3.05) is 26.2 Å². The molecule has 0 radical (unpaired) electrons. The van der Waals surface area contributed by atoms with E-state index < -0.39 is 0 Å². The minimum absolute atomic E-state index is 0.0382. The molecule has 1 atom stereocenters. The van der Waals surface area contributed by atoms with Gasteiger partial charge in [0.05, 0.1) is 12.7 Å². The molecule has 0 bridgehead atoms. The molecular formula is C10H16N2O3. The predicted octanol–water partition coefficient (Wildman–Crippen LogP) is -0.486. The van der Waals surface area contributed by atoms with Gasteiger partial charge in [0.25, 0.3) is 0 Å². The average Bonchev–Trinajstić information content (AvgIpc) is 2.58. The zero-order chi connectivity index (χ0) is 10.7. The van der Waals surface area contributed by atoms with E-state index in [-0.39, 0.29) is 17.9 Å². The number of hydrogen-bond donors (Lipinski definition) is 1. The number of imide groups is 1. The quantitative estimate of drug-likeness (QED) is 0.642. The lowest BCUT2D eigenvalue weighted by Crippen LogP contribution is -2.41. The summed E-state index contributed by atoms with van der Waals surface area (Å²) >= 11 is 0. The first-order valence-electron chi connectivity index (χ1n) is 5.43. The molecule has 0 aromatic heterocycles. The number of rotatable bonds is 3. The smallest absolute Gasteiger partial charge is 0.229 e. The van der Waals surface area contributed by atoms with Crippen molar-refractivity contribution in [3.63, 3.8) is 0 Å². The molecule has 1 N–H and O–H groups in total. The highest BCUT2D eigenvalue weighted by atomic mass is 16.5. The molecule has 2 aliphatic heterocycles. The highest BCUT2D eigenvalue weighted by molar-refractivity contribution is 6.01. The third-order valence-electron chi connectivity index (χ3n) is 2.83. The SMILES string of the molecule is O=C1CCC(=O)N1CCC1CNCCO1. The molecule has 2 saturated heterocycles. The predicted molar refractivity (Wildman–Crippen MR) is 53.2 cm³/mol. The molecule has 2 fully saturated rings. The van der Waals surface area contributed by atoms with E-state index in [0.29, 0.717) is 26.0 Å². The number of carbonyl (C=O) groups excluding carboxylic acids is 2. The molecule has 0 spiro atoms. The Hall–Kier alpha value is -0.940. The number of morpholine rings is 1. The molecule has 15 heavy (non-hydrogen) atoms. The summed E-state index contributed by atoms with van der Waals surface area (Å²) in [7, 11) is 0. The van der Waals surface area contributed by atoms with Crippen molar-refractivity contribution in [3.8, 4) is 0 Å². The number of nitrogens with one attached hydrogen (secondary N) is 1. The highest BCUT2D eigenvalue weighted by Crippen LogP contribution is 2.13. The van der Waals surface area contributed by atoms with Crippen molar-refractivity contribution in [3.05, 3.63) is 0 Å². The van der Waals surface area contributed by atoms with E-state index in [0.717, 1.165) is 19.5 Å². The first-order chi connectivity index (χ1) is 7.27. The lowest BCUT2D eigenvalue weighted by molar-refractivity contribution is -0.138. The number of ether oxygens (including phenoxy) is 1. The van der Waals surface area contributed by atoms with Gasteiger partial charge in [-0.1, -0.05) is 0 Å². The monoisotopic (exact) mass is 212 g/mol. The molecule has 0 aromatic carbocycles. The van der Waals surface area contributed by atoms with Crippen molar-refractivity contribution in [1.29, 1.82) is 0 Å². The maximum Gasteiger partial charge on any atom is 0.229 e. The molecule has 1 unspecified atom stereocenters. The van der Waals surface area contributed by atoms with Crippen LogP contribution in [0.15, 0.2) is 0 Å². The Balaban J connectivity index is 1.76. The molecule has 2 rings (SSSR count). The first kappa shape index (κ1) is 10.6. The summed E-state index contributed by atoms with van der Waals surface area (Å²) in [5, 5.41) is 3.22. The summed E-state index contributed by atoms with van der Waals surface area (Å²) in [5.74, 6) is -0.0764. The topological polar surface area (TPSA) is 58.6 Å². The summed E-state index contributed by atoms with van der Waals surface area (Å²) in [4.78, 5) is 24.0. The number of amides is 2. The molecule has 84 valence electrons. The third kappa shape index (κ3) is 2.54. The second kappa shape index (κ2) is 4.72. The molecule has 5 nitrogen and oxygen atoms in total. The highest BCUT2D eigenvalue weighted by Gasteiger charge is 2.29. The third-order valence-corrected chi connectivity index (χ3v) is 2.83. The molecule has 0 aromatic rings. The maximum atomic E-state index is 11.3. The maximum absolute atomic E-state index is 11.3. The van der Waals surface area contributed by atoms with E-state index in [9.17, 15) is 9.59 Å². The Morgan fingerprint density at radius 3 is 2.67 bits per heavy atom. The van der Waals surface area contributed by atoms with Gasteiger partial charge in [-0.3, -0.25) is 14.5 Å². The normalized spacial score (nSPS) is 27.5. The summed E-state index contributed by atoms with van der Waals surface area (Å²) < 4.78 is 5.50. The molecular weight excluding hydrogens is 196 g/mol. The standard InChI is InChI=1S/C10H16N2O3/c13-9-1-2-10(14)12(9)5-3-8-7-11-4-6-15-8/h8,11H,1-7H2. The van der Waals surface area contributed by atoms with Crippen molar-refractivity contribution in [1.82, 2.24) is 10.2 Å². The van der Waals surface area contributed by atoms with Gasteiger partial charge in [0, 0.05) is 32.5 Å². The zero-order valence-electron chi connectivity index (χ0n) is 8.70. The molecule has 5 heteroatoms. The summed E-state index contributed by atoms with van der Waals surface area (Å²) in [5.41, 5.74) is 0. The Morgan fingerprint density at radius 2 is 2.07 bits per heavy atom. The van der Waals surface area contributed by atoms with E-state index in [4.69, 9.17) is 4.74 Å². The van der Waals surface area contributed by atoms with E-state index in [1.54, 1.807) is 0 Å². The van der Waals surface area contributed by atoms with Gasteiger partial charge in [0.1, 0.15) is 0 Å². The van der Waals surface area contributed by atoms with Gasteiger partial charge < -0.3 is 10.1 Å². The van der Waals surface area contributed by atoms with Gasteiger partial charge in [-0.05, 0) is 6.42 Å². The van der Waals surface area contributed by atoms with Crippen LogP contribution < -0.4 is 5.32 Å². The number of hydrogen-bond acceptors (Lipinski definition) is 4. The summed E-state index contributed by atoms with van der Waals surface area (Å²) in [6.07, 6.45) is 1.63. The Morgan fingerprint density at radius 1 is 1.33 bits per heavy atom. The average molecular weight is 212 g/mol. The lowest BCUT2D eigenvalue weighted by atomic mass is 10.2. The Bertz CT molecular complexity index is 245. The van der Waals surface area contributed by atoms with Crippen LogP contribution in [-0.4, -0.2) is 49.1 Å². The summed E-state index contributed by atoms with van der Waals surface area (Å²) in [6.45, 7) is 2.92. The minimum atomic E-state index is -0.0382. The Kier molecular flexibility index (Phi) is 3.33. The molecule has 2 aliphatic rings. The van der Waals surface area contributed by atoms with Crippen LogP contribution >= 0.6 is 0 Å². The largest absolute Gasteiger partial charge is 0.376 e. The van der Waals surface area contributed by atoms with Crippen LogP contribution in [0.2, 0.25) is 0 Å². The van der Waals surface area contributed by atoms with E-state index >= 15 is 0 Å². The van der Waals surface area contributed by atoms with Crippen LogP contribution in [0, 0.1) is 0 Å².